The molecule has 0 saturated heterocycles. The third kappa shape index (κ3) is 6.21. The van der Waals surface area contributed by atoms with Gasteiger partial charge in [-0.2, -0.15) is 0 Å². The number of esters is 1. The third-order valence-corrected chi connectivity index (χ3v) is 3.17. The van der Waals surface area contributed by atoms with Crippen LogP contribution in [0.1, 0.15) is 12.0 Å². The molecule has 0 atom stereocenters. The highest BCUT2D eigenvalue weighted by Crippen LogP contribution is 2.16. The number of anilines is 1. The molecule has 0 unspecified atom stereocenters. The van der Waals surface area contributed by atoms with Crippen molar-refractivity contribution in [1.82, 2.24) is 0 Å². The van der Waals surface area contributed by atoms with E-state index in [-0.39, 0.29) is 18.7 Å². The fourth-order valence-corrected chi connectivity index (χ4v) is 2.00. The molecule has 0 aliphatic carbocycles. The molecule has 7 heteroatoms. The molecule has 0 spiro atoms. The zero-order chi connectivity index (χ0) is 18.2. The first-order chi connectivity index (χ1) is 11.9. The second-order valence-electron chi connectivity index (χ2n) is 5.23. The number of nitrogens with one attached hydrogen (secondary N) is 1. The Kier molecular flexibility index (Phi) is 6.45. The Labute approximate surface area is 143 Å². The highest BCUT2D eigenvalue weighted by atomic mass is 19.1. The van der Waals surface area contributed by atoms with Crippen LogP contribution in [-0.2, 0) is 14.3 Å². The monoisotopic (exact) mass is 349 g/mol. The van der Waals surface area contributed by atoms with Crippen LogP contribution in [0.3, 0.4) is 0 Å². The molecule has 2 aromatic carbocycles. The molecule has 2 rings (SSSR count). The Morgan fingerprint density at radius 1 is 1.08 bits per heavy atom. The van der Waals surface area contributed by atoms with Crippen molar-refractivity contribution < 1.29 is 27.8 Å². The normalized spacial score (nSPS) is 10.2. The molecule has 1 amide bonds. The van der Waals surface area contributed by atoms with Gasteiger partial charge in [0.2, 0.25) is 0 Å². The molecule has 2 aromatic rings. The molecule has 0 aliphatic heterocycles. The van der Waals surface area contributed by atoms with Crippen molar-refractivity contribution in [2.45, 2.75) is 13.3 Å². The molecule has 1 N–H and O–H groups in total. The number of benzene rings is 2. The van der Waals surface area contributed by atoms with Gasteiger partial charge in [-0.3, -0.25) is 9.59 Å². The minimum atomic E-state index is -0.819. The maximum absolute atomic E-state index is 13.0. The third-order valence-electron chi connectivity index (χ3n) is 3.17. The summed E-state index contributed by atoms with van der Waals surface area (Å²) in [4.78, 5) is 23.2. The van der Waals surface area contributed by atoms with E-state index in [4.69, 9.17) is 9.47 Å². The van der Waals surface area contributed by atoms with E-state index >= 15 is 0 Å². The molecule has 0 bridgehead atoms. The van der Waals surface area contributed by atoms with Gasteiger partial charge in [0.1, 0.15) is 17.4 Å². The molecular formula is C18H17F2NO4. The van der Waals surface area contributed by atoms with Crippen LogP contribution in [0, 0.1) is 18.6 Å². The molecule has 0 radical (unpaired) electrons. The van der Waals surface area contributed by atoms with Crippen LogP contribution in [0.2, 0.25) is 0 Å². The zero-order valence-corrected chi connectivity index (χ0v) is 13.6. The van der Waals surface area contributed by atoms with Gasteiger partial charge in [-0.25, -0.2) is 8.78 Å². The molecule has 132 valence electrons. The van der Waals surface area contributed by atoms with E-state index < -0.39 is 30.1 Å². The maximum Gasteiger partial charge on any atom is 0.309 e. The quantitative estimate of drug-likeness (QED) is 0.780. The average molecular weight is 349 g/mol. The average Bonchev–Trinajstić information content (AvgIpc) is 2.54. The van der Waals surface area contributed by atoms with E-state index in [1.54, 1.807) is 6.07 Å². The highest BCUT2D eigenvalue weighted by Gasteiger charge is 2.10. The first-order valence-corrected chi connectivity index (χ1v) is 7.54. The zero-order valence-electron chi connectivity index (χ0n) is 13.6. The number of aryl methyl sites for hydroxylation is 1. The Balaban J connectivity index is 1.70. The molecule has 0 aliphatic rings. The first-order valence-electron chi connectivity index (χ1n) is 7.54. The predicted octanol–water partition coefficient (Wildman–Crippen LogP) is 3.22. The van der Waals surface area contributed by atoms with Crippen molar-refractivity contribution >= 4 is 17.6 Å². The van der Waals surface area contributed by atoms with Crippen molar-refractivity contribution in [3.63, 3.8) is 0 Å². The summed E-state index contributed by atoms with van der Waals surface area (Å²) in [6.07, 6.45) is -0.0315. The molecule has 0 aromatic heterocycles. The van der Waals surface area contributed by atoms with Crippen LogP contribution in [0.4, 0.5) is 14.5 Å². The largest absolute Gasteiger partial charge is 0.493 e. The number of carbonyl (C=O) groups is 2. The Hall–Kier alpha value is -2.96. The van der Waals surface area contributed by atoms with Gasteiger partial charge in [-0.15, -0.1) is 0 Å². The molecule has 5 nitrogen and oxygen atoms in total. The Morgan fingerprint density at radius 2 is 1.76 bits per heavy atom. The van der Waals surface area contributed by atoms with Crippen molar-refractivity contribution in [1.29, 1.82) is 0 Å². The summed E-state index contributed by atoms with van der Waals surface area (Å²) in [6, 6.07) is 9.96. The summed E-state index contributed by atoms with van der Waals surface area (Å²) in [5.74, 6) is -2.28. The highest BCUT2D eigenvalue weighted by molar-refractivity contribution is 5.92. The number of amides is 1. The number of rotatable bonds is 7. The van der Waals surface area contributed by atoms with Gasteiger partial charge in [-0.1, -0.05) is 18.2 Å². The minimum absolute atomic E-state index is 0.0315. The van der Waals surface area contributed by atoms with E-state index in [2.05, 4.69) is 5.32 Å². The first kappa shape index (κ1) is 18.4. The van der Waals surface area contributed by atoms with Crippen LogP contribution in [-0.4, -0.2) is 25.1 Å². The summed E-state index contributed by atoms with van der Waals surface area (Å²) >= 11 is 0. The Bertz CT molecular complexity index is 744. The summed E-state index contributed by atoms with van der Waals surface area (Å²) in [7, 11) is 0. The van der Waals surface area contributed by atoms with Crippen LogP contribution in [0.5, 0.6) is 5.75 Å². The lowest BCUT2D eigenvalue weighted by Gasteiger charge is -2.09. The maximum atomic E-state index is 13.0. The van der Waals surface area contributed by atoms with E-state index in [0.29, 0.717) is 11.8 Å². The Morgan fingerprint density at radius 3 is 2.44 bits per heavy atom. The lowest BCUT2D eigenvalue weighted by Crippen LogP contribution is -2.21. The van der Waals surface area contributed by atoms with Crippen molar-refractivity contribution in [3.8, 4) is 5.75 Å². The summed E-state index contributed by atoms with van der Waals surface area (Å²) < 4.78 is 36.3. The van der Waals surface area contributed by atoms with E-state index in [1.165, 1.54) is 0 Å². The molecule has 0 fully saturated rings. The van der Waals surface area contributed by atoms with E-state index in [1.807, 2.05) is 25.1 Å². The fourth-order valence-electron chi connectivity index (χ4n) is 2.00. The van der Waals surface area contributed by atoms with Gasteiger partial charge < -0.3 is 14.8 Å². The predicted molar refractivity (Wildman–Crippen MR) is 87.2 cm³/mol. The fraction of sp³-hybridized carbons (Fsp3) is 0.222. The SMILES string of the molecule is Cc1ccccc1OCCC(=O)OCC(=O)Nc1cc(F)cc(F)c1. The van der Waals surface area contributed by atoms with Gasteiger partial charge in [-0.05, 0) is 30.7 Å². The molecule has 0 saturated carbocycles. The molecular weight excluding hydrogens is 332 g/mol. The summed E-state index contributed by atoms with van der Waals surface area (Å²) in [6.45, 7) is 1.44. The van der Waals surface area contributed by atoms with Gasteiger partial charge >= 0.3 is 5.97 Å². The van der Waals surface area contributed by atoms with Crippen molar-refractivity contribution in [2.24, 2.45) is 0 Å². The minimum Gasteiger partial charge on any atom is -0.493 e. The lowest BCUT2D eigenvalue weighted by molar-refractivity contribution is -0.147. The van der Waals surface area contributed by atoms with Crippen LogP contribution < -0.4 is 10.1 Å². The van der Waals surface area contributed by atoms with E-state index in [0.717, 1.165) is 17.7 Å². The van der Waals surface area contributed by atoms with Crippen molar-refractivity contribution in [3.05, 3.63) is 59.7 Å². The standard InChI is InChI=1S/C18H17F2NO4/c1-12-4-2-3-5-16(12)24-7-6-18(23)25-11-17(22)21-15-9-13(19)8-14(20)10-15/h2-5,8-10H,6-7,11H2,1H3,(H,21,22). The van der Waals surface area contributed by atoms with Crippen molar-refractivity contribution in [2.75, 3.05) is 18.5 Å². The topological polar surface area (TPSA) is 64.6 Å². The summed E-state index contributed by atoms with van der Waals surface area (Å²) in [5, 5.41) is 2.24. The van der Waals surface area contributed by atoms with Crippen LogP contribution in [0.25, 0.3) is 0 Å². The number of ether oxygens (including phenoxy) is 2. The summed E-state index contributed by atoms with van der Waals surface area (Å²) in [5.41, 5.74) is 0.888. The number of halogens is 2. The molecule has 0 heterocycles. The smallest absolute Gasteiger partial charge is 0.309 e. The van der Waals surface area contributed by atoms with Crippen LogP contribution in [0.15, 0.2) is 42.5 Å². The van der Waals surface area contributed by atoms with Gasteiger partial charge in [0.15, 0.2) is 6.61 Å². The number of hydrogen-bond acceptors (Lipinski definition) is 4. The second-order valence-corrected chi connectivity index (χ2v) is 5.23. The number of hydrogen-bond donors (Lipinski definition) is 1. The van der Waals surface area contributed by atoms with Gasteiger partial charge in [0, 0.05) is 11.8 Å². The van der Waals surface area contributed by atoms with Crippen LogP contribution >= 0.6 is 0 Å². The lowest BCUT2D eigenvalue weighted by atomic mass is 10.2. The number of para-hydroxylation sites is 1. The second kappa shape index (κ2) is 8.77. The molecule has 25 heavy (non-hydrogen) atoms. The van der Waals surface area contributed by atoms with Gasteiger partial charge in [0.05, 0.1) is 13.0 Å². The van der Waals surface area contributed by atoms with Gasteiger partial charge in [0.25, 0.3) is 5.91 Å². The van der Waals surface area contributed by atoms with E-state index in [9.17, 15) is 18.4 Å². The number of carbonyl (C=O) groups excluding carboxylic acids is 2.